The molecule has 2 N–H and O–H groups in total. The summed E-state index contributed by atoms with van der Waals surface area (Å²) in [6, 6.07) is 7.98. The van der Waals surface area contributed by atoms with Crippen LogP contribution in [0, 0.1) is 19.3 Å². The van der Waals surface area contributed by atoms with Gasteiger partial charge in [-0.25, -0.2) is 4.68 Å². The van der Waals surface area contributed by atoms with Gasteiger partial charge in [0.25, 0.3) is 0 Å². The first-order chi connectivity index (χ1) is 14.1. The molecule has 1 aromatic carbocycles. The van der Waals surface area contributed by atoms with E-state index in [1.54, 1.807) is 13.8 Å². The zero-order valence-electron chi connectivity index (χ0n) is 17.8. The molecule has 0 unspecified atom stereocenters. The fourth-order valence-electron chi connectivity index (χ4n) is 4.24. The van der Waals surface area contributed by atoms with Crippen LogP contribution in [0.25, 0.3) is 5.69 Å². The SMILES string of the molecule is Cc1nn(-c2cccc(Br)c2)c(C)c1[C@@H]1C=C[C@@H](NC(=O)CC(C)(C)CC(=O)O)C1. The number of benzene rings is 1. The van der Waals surface area contributed by atoms with E-state index in [1.807, 2.05) is 41.9 Å². The fourth-order valence-corrected chi connectivity index (χ4v) is 4.62. The first kappa shape index (κ1) is 22.3. The number of allylic oxidation sites excluding steroid dienone is 1. The molecule has 1 aliphatic carbocycles. The molecule has 2 aromatic rings. The highest BCUT2D eigenvalue weighted by Gasteiger charge is 2.29. The summed E-state index contributed by atoms with van der Waals surface area (Å²) < 4.78 is 2.97. The zero-order valence-corrected chi connectivity index (χ0v) is 19.4. The van der Waals surface area contributed by atoms with Gasteiger partial charge in [-0.1, -0.05) is 48.0 Å². The summed E-state index contributed by atoms with van der Waals surface area (Å²) in [5.74, 6) is -0.819. The Balaban J connectivity index is 1.68. The Bertz CT molecular complexity index is 994. The predicted molar refractivity (Wildman–Crippen MR) is 120 cm³/mol. The lowest BCUT2D eigenvalue weighted by atomic mass is 9.85. The van der Waals surface area contributed by atoms with Gasteiger partial charge in [0.15, 0.2) is 0 Å². The maximum absolute atomic E-state index is 12.4. The Morgan fingerprint density at radius 1 is 1.27 bits per heavy atom. The Morgan fingerprint density at radius 2 is 2.00 bits per heavy atom. The van der Waals surface area contributed by atoms with Crippen molar-refractivity contribution in [2.45, 2.75) is 58.9 Å². The number of aromatic nitrogens is 2. The third kappa shape index (κ3) is 5.19. The second-order valence-corrected chi connectivity index (χ2v) is 9.70. The van der Waals surface area contributed by atoms with Crippen molar-refractivity contribution in [2.24, 2.45) is 5.41 Å². The molecule has 1 heterocycles. The van der Waals surface area contributed by atoms with Gasteiger partial charge in [-0.3, -0.25) is 9.59 Å². The van der Waals surface area contributed by atoms with Crippen molar-refractivity contribution in [2.75, 3.05) is 0 Å². The standard InChI is InChI=1S/C23H28BrN3O3/c1-14-22(15(2)27(26-14)19-7-5-6-17(24)11-19)16-8-9-18(10-16)25-20(28)12-23(3,4)13-21(29)30/h5-9,11,16,18H,10,12-13H2,1-4H3,(H,25,28)(H,29,30)/t16-,18-/m1/s1. The van der Waals surface area contributed by atoms with Gasteiger partial charge in [-0.15, -0.1) is 0 Å². The molecule has 0 aliphatic heterocycles. The van der Waals surface area contributed by atoms with Crippen molar-refractivity contribution in [3.63, 3.8) is 0 Å². The number of nitrogens with one attached hydrogen (secondary N) is 1. The molecular formula is C23H28BrN3O3. The number of carboxylic acid groups (broad SMARTS) is 1. The van der Waals surface area contributed by atoms with E-state index in [1.165, 1.54) is 5.56 Å². The van der Waals surface area contributed by atoms with E-state index in [9.17, 15) is 9.59 Å². The van der Waals surface area contributed by atoms with Crippen LogP contribution in [0.5, 0.6) is 0 Å². The highest BCUT2D eigenvalue weighted by atomic mass is 79.9. The van der Waals surface area contributed by atoms with Crippen LogP contribution < -0.4 is 5.32 Å². The van der Waals surface area contributed by atoms with Crippen LogP contribution in [0.1, 0.15) is 56.0 Å². The van der Waals surface area contributed by atoms with Crippen LogP contribution in [-0.4, -0.2) is 32.8 Å². The number of carbonyl (C=O) groups is 2. The number of hydrogen-bond acceptors (Lipinski definition) is 3. The van der Waals surface area contributed by atoms with Gasteiger partial charge < -0.3 is 10.4 Å². The van der Waals surface area contributed by atoms with E-state index in [0.29, 0.717) is 0 Å². The van der Waals surface area contributed by atoms with E-state index < -0.39 is 11.4 Å². The summed E-state index contributed by atoms with van der Waals surface area (Å²) in [5, 5.41) is 16.8. The van der Waals surface area contributed by atoms with E-state index in [0.717, 1.165) is 28.0 Å². The second kappa shape index (κ2) is 8.76. The van der Waals surface area contributed by atoms with E-state index >= 15 is 0 Å². The number of hydrogen-bond donors (Lipinski definition) is 2. The number of aryl methyl sites for hydroxylation is 1. The van der Waals surface area contributed by atoms with E-state index in [4.69, 9.17) is 10.2 Å². The normalized spacial score (nSPS) is 18.6. The molecule has 0 radical (unpaired) electrons. The monoisotopic (exact) mass is 473 g/mol. The van der Waals surface area contributed by atoms with Crippen molar-refractivity contribution in [1.82, 2.24) is 15.1 Å². The molecule has 6 nitrogen and oxygen atoms in total. The average molecular weight is 474 g/mol. The predicted octanol–water partition coefficient (Wildman–Crippen LogP) is 4.67. The van der Waals surface area contributed by atoms with E-state index in [2.05, 4.69) is 34.2 Å². The molecule has 1 aliphatic rings. The van der Waals surface area contributed by atoms with Crippen LogP contribution >= 0.6 is 15.9 Å². The first-order valence-corrected chi connectivity index (χ1v) is 10.9. The molecule has 3 rings (SSSR count). The molecule has 0 spiro atoms. The number of carbonyl (C=O) groups excluding carboxylic acids is 1. The third-order valence-corrected chi connectivity index (χ3v) is 5.96. The molecule has 0 saturated heterocycles. The Kier molecular flexibility index (Phi) is 6.50. The molecule has 160 valence electrons. The number of amides is 1. The van der Waals surface area contributed by atoms with Crippen molar-refractivity contribution >= 4 is 27.8 Å². The average Bonchev–Trinajstić information content (AvgIpc) is 3.16. The molecule has 0 saturated carbocycles. The third-order valence-electron chi connectivity index (χ3n) is 5.47. The minimum atomic E-state index is -0.887. The van der Waals surface area contributed by atoms with Gasteiger partial charge in [0, 0.05) is 34.1 Å². The Hall–Kier alpha value is -2.41. The number of halogens is 1. The largest absolute Gasteiger partial charge is 0.481 e. The van der Waals surface area contributed by atoms with Gasteiger partial charge >= 0.3 is 5.97 Å². The van der Waals surface area contributed by atoms with Crippen LogP contribution in [0.2, 0.25) is 0 Å². The highest BCUT2D eigenvalue weighted by Crippen LogP contribution is 2.34. The van der Waals surface area contributed by atoms with Gasteiger partial charge in [0.2, 0.25) is 5.91 Å². The molecule has 2 atom stereocenters. The minimum absolute atomic E-state index is 0.0310. The van der Waals surface area contributed by atoms with E-state index in [-0.39, 0.29) is 30.7 Å². The molecule has 1 amide bonds. The minimum Gasteiger partial charge on any atom is -0.481 e. The van der Waals surface area contributed by atoms with Gasteiger partial charge in [-0.2, -0.15) is 5.10 Å². The topological polar surface area (TPSA) is 84.2 Å². The molecule has 1 aromatic heterocycles. The molecule has 0 bridgehead atoms. The number of nitrogens with zero attached hydrogens (tertiary/aromatic N) is 2. The molecular weight excluding hydrogens is 446 g/mol. The Labute approximate surface area is 185 Å². The lowest BCUT2D eigenvalue weighted by Gasteiger charge is -2.23. The lowest BCUT2D eigenvalue weighted by molar-refractivity contribution is -0.139. The van der Waals surface area contributed by atoms with Crippen molar-refractivity contribution in [3.05, 3.63) is 57.8 Å². The van der Waals surface area contributed by atoms with Crippen molar-refractivity contribution in [3.8, 4) is 5.69 Å². The van der Waals surface area contributed by atoms with Crippen LogP contribution in [0.3, 0.4) is 0 Å². The summed E-state index contributed by atoms with van der Waals surface area (Å²) in [4.78, 5) is 23.4. The van der Waals surface area contributed by atoms with Crippen molar-refractivity contribution in [1.29, 1.82) is 0 Å². The van der Waals surface area contributed by atoms with Crippen LogP contribution in [0.15, 0.2) is 40.9 Å². The zero-order chi connectivity index (χ0) is 22.1. The smallest absolute Gasteiger partial charge is 0.303 e. The summed E-state index contributed by atoms with van der Waals surface area (Å²) >= 11 is 3.51. The Morgan fingerprint density at radius 3 is 2.67 bits per heavy atom. The number of rotatable bonds is 7. The van der Waals surface area contributed by atoms with Gasteiger partial charge in [-0.05, 0) is 43.9 Å². The second-order valence-electron chi connectivity index (χ2n) is 8.79. The summed E-state index contributed by atoms with van der Waals surface area (Å²) in [6.07, 6.45) is 5.10. The van der Waals surface area contributed by atoms with Gasteiger partial charge in [0.05, 0.1) is 17.8 Å². The number of carboxylic acids is 1. The molecule has 7 heteroatoms. The van der Waals surface area contributed by atoms with Crippen molar-refractivity contribution < 1.29 is 14.7 Å². The maximum Gasteiger partial charge on any atom is 0.303 e. The highest BCUT2D eigenvalue weighted by molar-refractivity contribution is 9.10. The fraction of sp³-hybridized carbons (Fsp3) is 0.435. The molecule has 30 heavy (non-hydrogen) atoms. The van der Waals surface area contributed by atoms with Crippen LogP contribution in [0.4, 0.5) is 0 Å². The summed E-state index contributed by atoms with van der Waals surface area (Å²) in [5.41, 5.74) is 3.69. The summed E-state index contributed by atoms with van der Waals surface area (Å²) in [6.45, 7) is 7.70. The lowest BCUT2D eigenvalue weighted by Crippen LogP contribution is -2.36. The first-order valence-electron chi connectivity index (χ1n) is 10.1. The molecule has 0 fully saturated rings. The number of aliphatic carboxylic acids is 1. The quantitative estimate of drug-likeness (QED) is 0.572. The van der Waals surface area contributed by atoms with Gasteiger partial charge in [0.1, 0.15) is 0 Å². The van der Waals surface area contributed by atoms with Crippen LogP contribution in [-0.2, 0) is 9.59 Å². The maximum atomic E-state index is 12.4. The summed E-state index contributed by atoms with van der Waals surface area (Å²) in [7, 11) is 0.